The maximum atomic E-state index is 12.7. The minimum Gasteiger partial charge on any atom is -0.494 e. The van der Waals surface area contributed by atoms with Crippen molar-refractivity contribution in [2.75, 3.05) is 27.2 Å². The Morgan fingerprint density at radius 1 is 1.29 bits per heavy atom. The van der Waals surface area contributed by atoms with Gasteiger partial charge < -0.3 is 15.0 Å². The van der Waals surface area contributed by atoms with Crippen molar-refractivity contribution in [1.82, 2.24) is 20.0 Å². The summed E-state index contributed by atoms with van der Waals surface area (Å²) in [7, 11) is 3.61. The van der Waals surface area contributed by atoms with Gasteiger partial charge in [-0.15, -0.1) is 0 Å². The van der Waals surface area contributed by atoms with E-state index < -0.39 is 0 Å². The van der Waals surface area contributed by atoms with E-state index in [1.807, 2.05) is 43.3 Å². The maximum Gasteiger partial charge on any atom is 0.274 e. The van der Waals surface area contributed by atoms with E-state index in [0.717, 1.165) is 42.9 Å². The molecule has 2 aromatic rings. The molecule has 2 heterocycles. The van der Waals surface area contributed by atoms with Crippen molar-refractivity contribution in [1.29, 1.82) is 0 Å². The molecule has 1 N–H and O–H groups in total. The van der Waals surface area contributed by atoms with E-state index in [2.05, 4.69) is 10.4 Å². The molecule has 1 aromatic heterocycles. The van der Waals surface area contributed by atoms with Crippen molar-refractivity contribution in [2.24, 2.45) is 0 Å². The molecule has 1 aromatic carbocycles. The lowest BCUT2D eigenvalue weighted by Gasteiger charge is -2.31. The first kappa shape index (κ1) is 16.5. The summed E-state index contributed by atoms with van der Waals surface area (Å²) in [6.45, 7) is 3.56. The zero-order chi connectivity index (χ0) is 17.1. The van der Waals surface area contributed by atoms with Crippen LogP contribution in [0.1, 0.15) is 28.9 Å². The number of aryl methyl sites for hydroxylation is 1. The number of benzene rings is 1. The molecule has 3 rings (SSSR count). The molecule has 0 spiro atoms. The van der Waals surface area contributed by atoms with E-state index in [4.69, 9.17) is 4.74 Å². The summed E-state index contributed by atoms with van der Waals surface area (Å²) < 4.78 is 7.11. The van der Waals surface area contributed by atoms with Crippen LogP contribution in [0.25, 0.3) is 5.69 Å². The maximum absolute atomic E-state index is 12.7. The van der Waals surface area contributed by atoms with Gasteiger partial charge in [-0.25, -0.2) is 4.68 Å². The summed E-state index contributed by atoms with van der Waals surface area (Å²) in [5.74, 6) is 0.729. The molecular formula is C18H24N4O2. The van der Waals surface area contributed by atoms with Crippen LogP contribution in [0.15, 0.2) is 30.5 Å². The average Bonchev–Trinajstić information content (AvgIpc) is 3.11. The van der Waals surface area contributed by atoms with Crippen molar-refractivity contribution >= 4 is 5.91 Å². The van der Waals surface area contributed by atoms with Gasteiger partial charge in [0.2, 0.25) is 0 Å². The summed E-state index contributed by atoms with van der Waals surface area (Å²) >= 11 is 0. The van der Waals surface area contributed by atoms with Crippen molar-refractivity contribution in [3.8, 4) is 11.4 Å². The van der Waals surface area contributed by atoms with Gasteiger partial charge in [-0.1, -0.05) is 6.07 Å². The van der Waals surface area contributed by atoms with Gasteiger partial charge in [-0.05, 0) is 50.6 Å². The first-order chi connectivity index (χ1) is 11.6. The largest absolute Gasteiger partial charge is 0.494 e. The number of amides is 1. The zero-order valence-corrected chi connectivity index (χ0v) is 14.5. The Balaban J connectivity index is 1.79. The molecule has 0 saturated carbocycles. The Morgan fingerprint density at radius 2 is 2.04 bits per heavy atom. The van der Waals surface area contributed by atoms with E-state index in [0.29, 0.717) is 11.7 Å². The van der Waals surface area contributed by atoms with Gasteiger partial charge in [0.1, 0.15) is 11.4 Å². The third kappa shape index (κ3) is 3.28. The summed E-state index contributed by atoms with van der Waals surface area (Å²) in [5, 5.41) is 7.75. The highest BCUT2D eigenvalue weighted by molar-refractivity contribution is 5.92. The number of ether oxygens (including phenoxy) is 1. The quantitative estimate of drug-likeness (QED) is 0.933. The molecule has 0 radical (unpaired) electrons. The number of likely N-dealkylation sites (tertiary alicyclic amines) is 1. The zero-order valence-electron chi connectivity index (χ0n) is 14.5. The van der Waals surface area contributed by atoms with Crippen LogP contribution in [-0.2, 0) is 0 Å². The number of hydrogen-bond acceptors (Lipinski definition) is 4. The van der Waals surface area contributed by atoms with Gasteiger partial charge in [-0.3, -0.25) is 4.79 Å². The smallest absolute Gasteiger partial charge is 0.274 e. The topological polar surface area (TPSA) is 59.4 Å². The summed E-state index contributed by atoms with van der Waals surface area (Å²) in [4.78, 5) is 14.5. The average molecular weight is 328 g/mol. The van der Waals surface area contributed by atoms with Gasteiger partial charge >= 0.3 is 0 Å². The molecule has 0 atom stereocenters. The molecule has 1 amide bonds. The lowest BCUT2D eigenvalue weighted by molar-refractivity contribution is 0.0701. The molecule has 0 bridgehead atoms. The fourth-order valence-corrected chi connectivity index (χ4v) is 3.08. The van der Waals surface area contributed by atoms with Gasteiger partial charge in [0.25, 0.3) is 5.91 Å². The predicted molar refractivity (Wildman–Crippen MR) is 92.8 cm³/mol. The number of carbonyl (C=O) groups excluding carboxylic acids is 1. The van der Waals surface area contributed by atoms with Crippen molar-refractivity contribution in [3.05, 3.63) is 41.7 Å². The number of nitrogens with zero attached hydrogens (tertiary/aromatic N) is 3. The highest BCUT2D eigenvalue weighted by Crippen LogP contribution is 2.24. The Morgan fingerprint density at radius 3 is 2.71 bits per heavy atom. The lowest BCUT2D eigenvalue weighted by Crippen LogP contribution is -2.44. The lowest BCUT2D eigenvalue weighted by atomic mass is 10.1. The molecule has 0 unspecified atom stereocenters. The summed E-state index contributed by atoms with van der Waals surface area (Å²) in [6.07, 6.45) is 3.77. The van der Waals surface area contributed by atoms with E-state index in [-0.39, 0.29) is 5.91 Å². The molecule has 1 aliphatic rings. The van der Waals surface area contributed by atoms with Crippen LogP contribution < -0.4 is 10.1 Å². The summed E-state index contributed by atoms with van der Waals surface area (Å²) in [5.41, 5.74) is 2.43. The van der Waals surface area contributed by atoms with Gasteiger partial charge in [0, 0.05) is 25.3 Å². The minimum atomic E-state index is -0.00470. The third-order valence-electron chi connectivity index (χ3n) is 4.58. The van der Waals surface area contributed by atoms with Crippen LogP contribution in [0.5, 0.6) is 5.75 Å². The molecule has 24 heavy (non-hydrogen) atoms. The highest BCUT2D eigenvalue weighted by Gasteiger charge is 2.24. The predicted octanol–water partition coefficient (Wildman–Crippen LogP) is 2.01. The van der Waals surface area contributed by atoms with E-state index in [9.17, 15) is 4.79 Å². The van der Waals surface area contributed by atoms with Crippen LogP contribution in [0.3, 0.4) is 0 Å². The number of carbonyl (C=O) groups is 1. The van der Waals surface area contributed by atoms with Gasteiger partial charge in [0.15, 0.2) is 5.69 Å². The Bertz CT molecular complexity index is 718. The van der Waals surface area contributed by atoms with E-state index in [1.54, 1.807) is 17.9 Å². The molecule has 1 saturated heterocycles. The molecule has 128 valence electrons. The second kappa shape index (κ2) is 7.05. The number of piperidine rings is 1. The molecule has 6 heteroatoms. The third-order valence-corrected chi connectivity index (χ3v) is 4.58. The van der Waals surface area contributed by atoms with Crippen LogP contribution >= 0.6 is 0 Å². The van der Waals surface area contributed by atoms with Crippen LogP contribution in [0.2, 0.25) is 0 Å². The minimum absolute atomic E-state index is 0.00470. The summed E-state index contributed by atoms with van der Waals surface area (Å²) in [6, 6.07) is 8.18. The molecular weight excluding hydrogens is 304 g/mol. The number of aromatic nitrogens is 2. The monoisotopic (exact) mass is 328 g/mol. The Labute approximate surface area is 142 Å². The normalized spacial score (nSPS) is 15.5. The molecule has 0 aliphatic carbocycles. The number of hydrogen-bond donors (Lipinski definition) is 1. The van der Waals surface area contributed by atoms with Crippen molar-refractivity contribution in [3.63, 3.8) is 0 Å². The van der Waals surface area contributed by atoms with Crippen LogP contribution in [0.4, 0.5) is 0 Å². The second-order valence-electron chi connectivity index (χ2n) is 6.18. The molecule has 1 fully saturated rings. The van der Waals surface area contributed by atoms with Gasteiger partial charge in [0.05, 0.1) is 7.11 Å². The van der Waals surface area contributed by atoms with E-state index in [1.165, 1.54) is 0 Å². The first-order valence-electron chi connectivity index (χ1n) is 8.29. The SMILES string of the molecule is CNC1CCN(C(=O)c2ccn(-c3cc(C)ccc3OC)n2)CC1. The van der Waals surface area contributed by atoms with Crippen LogP contribution in [0, 0.1) is 6.92 Å². The fraction of sp³-hybridized carbons (Fsp3) is 0.444. The molecule has 1 aliphatic heterocycles. The number of rotatable bonds is 4. The standard InChI is InChI=1S/C18H24N4O2/c1-13-4-5-17(24-3)16(12-13)22-11-8-15(20-22)18(23)21-9-6-14(19-2)7-10-21/h4-5,8,11-12,14,19H,6-7,9-10H2,1-3H3. The van der Waals surface area contributed by atoms with E-state index >= 15 is 0 Å². The second-order valence-corrected chi connectivity index (χ2v) is 6.18. The van der Waals surface area contributed by atoms with Crippen LogP contribution in [-0.4, -0.2) is 53.9 Å². The molecule has 6 nitrogen and oxygen atoms in total. The van der Waals surface area contributed by atoms with Gasteiger partial charge in [-0.2, -0.15) is 5.10 Å². The number of methoxy groups -OCH3 is 1. The van der Waals surface area contributed by atoms with Crippen molar-refractivity contribution in [2.45, 2.75) is 25.8 Å². The highest BCUT2D eigenvalue weighted by atomic mass is 16.5. The Kier molecular flexibility index (Phi) is 4.85. The Hall–Kier alpha value is -2.34. The fourth-order valence-electron chi connectivity index (χ4n) is 3.08. The van der Waals surface area contributed by atoms with Crippen molar-refractivity contribution < 1.29 is 9.53 Å². The first-order valence-corrected chi connectivity index (χ1v) is 8.29. The number of nitrogens with one attached hydrogen (secondary N) is 1.